The van der Waals surface area contributed by atoms with Gasteiger partial charge in [0.25, 0.3) is 0 Å². The first-order valence-corrected chi connectivity index (χ1v) is 13.1. The van der Waals surface area contributed by atoms with Crippen LogP contribution in [0.3, 0.4) is 0 Å². The van der Waals surface area contributed by atoms with Crippen LogP contribution in [0.4, 0.5) is 0 Å². The molecule has 0 N–H and O–H groups in total. The molecule has 3 heteroatoms. The van der Waals surface area contributed by atoms with Crippen LogP contribution in [0, 0.1) is 17.2 Å². The molecule has 29 heavy (non-hydrogen) atoms. The zero-order chi connectivity index (χ0) is 21.6. The van der Waals surface area contributed by atoms with E-state index in [0.717, 1.165) is 5.56 Å². The minimum atomic E-state index is -2.15. The van der Waals surface area contributed by atoms with Crippen LogP contribution in [0.1, 0.15) is 71.6 Å². The van der Waals surface area contributed by atoms with E-state index in [0.29, 0.717) is 16.6 Å². The van der Waals surface area contributed by atoms with Gasteiger partial charge in [0.05, 0.1) is 18.1 Å². The lowest BCUT2D eigenvalue weighted by atomic mass is 9.82. The molecule has 0 saturated carbocycles. The zero-order valence-electron chi connectivity index (χ0n) is 19.1. The van der Waals surface area contributed by atoms with E-state index in [-0.39, 0.29) is 17.9 Å². The molecule has 0 aliphatic rings. The van der Waals surface area contributed by atoms with Gasteiger partial charge in [0.15, 0.2) is 0 Å². The van der Waals surface area contributed by atoms with Crippen LogP contribution < -0.4 is 0 Å². The van der Waals surface area contributed by atoms with Crippen LogP contribution in [0.5, 0.6) is 0 Å². The quantitative estimate of drug-likeness (QED) is 0.396. The van der Waals surface area contributed by atoms with E-state index < -0.39 is 8.32 Å². The molecule has 0 heterocycles. The first-order valence-electron chi connectivity index (χ1n) is 10.9. The molecule has 3 atom stereocenters. The highest BCUT2D eigenvalue weighted by Gasteiger charge is 2.48. The molecule has 0 aliphatic carbocycles. The minimum absolute atomic E-state index is 0.0876. The smallest absolute Gasteiger partial charge is 0.201 e. The molecule has 0 bridgehead atoms. The Labute approximate surface area is 179 Å². The summed E-state index contributed by atoms with van der Waals surface area (Å²) in [6.07, 6.45) is -0.227. The van der Waals surface area contributed by atoms with Gasteiger partial charge in [-0.3, -0.25) is 0 Å². The molecule has 3 unspecified atom stereocenters. The summed E-state index contributed by atoms with van der Waals surface area (Å²) in [6, 6.07) is 23.4. The molecule has 0 amide bonds. The van der Waals surface area contributed by atoms with Crippen molar-refractivity contribution in [2.75, 3.05) is 0 Å². The van der Waals surface area contributed by atoms with Crippen molar-refractivity contribution in [1.29, 1.82) is 5.26 Å². The van der Waals surface area contributed by atoms with E-state index in [9.17, 15) is 5.26 Å². The minimum Gasteiger partial charge on any atom is -0.408 e. The zero-order valence-corrected chi connectivity index (χ0v) is 20.1. The highest BCUT2D eigenvalue weighted by atomic mass is 28.4. The van der Waals surface area contributed by atoms with Gasteiger partial charge in [0.2, 0.25) is 8.32 Å². The Bertz CT molecular complexity index is 758. The molecule has 2 nitrogen and oxygen atoms in total. The van der Waals surface area contributed by atoms with Crippen LogP contribution in [0.15, 0.2) is 60.7 Å². The Morgan fingerprint density at radius 2 is 1.10 bits per heavy atom. The van der Waals surface area contributed by atoms with E-state index in [4.69, 9.17) is 4.43 Å². The number of hydrogen-bond donors (Lipinski definition) is 0. The molecular formula is C26H37NOSi. The lowest BCUT2D eigenvalue weighted by Crippen LogP contribution is -2.49. The molecule has 0 fully saturated rings. The van der Waals surface area contributed by atoms with Crippen molar-refractivity contribution >= 4 is 8.32 Å². The van der Waals surface area contributed by atoms with Crippen molar-refractivity contribution < 1.29 is 4.43 Å². The van der Waals surface area contributed by atoms with Crippen molar-refractivity contribution in [3.05, 3.63) is 71.8 Å². The van der Waals surface area contributed by atoms with E-state index in [1.54, 1.807) is 0 Å². The molecule has 0 aliphatic heterocycles. The molecule has 156 valence electrons. The van der Waals surface area contributed by atoms with Gasteiger partial charge in [-0.25, -0.2) is 0 Å². The Morgan fingerprint density at radius 3 is 1.48 bits per heavy atom. The Kier molecular flexibility index (Phi) is 8.25. The van der Waals surface area contributed by atoms with Crippen LogP contribution in [-0.4, -0.2) is 8.32 Å². The van der Waals surface area contributed by atoms with Gasteiger partial charge < -0.3 is 4.43 Å². The van der Waals surface area contributed by atoms with Gasteiger partial charge in [0, 0.05) is 0 Å². The fraction of sp³-hybridized carbons (Fsp3) is 0.500. The standard InChI is InChI=1S/C26H37NOSi/c1-19(2)29(20(3)4,21(5)6)28-26(24-16-12-9-13-17-24)25(18-27)22(7)23-14-10-8-11-15-23/h8-17,19-22,25-26H,1-7H3. The highest BCUT2D eigenvalue weighted by Crippen LogP contribution is 2.48. The third kappa shape index (κ3) is 5.00. The summed E-state index contributed by atoms with van der Waals surface area (Å²) in [5.41, 5.74) is 3.72. The SMILES string of the molecule is CC(c1ccccc1)C(C#N)C(O[Si](C(C)C)(C(C)C)C(C)C)c1ccccc1. The Hall–Kier alpha value is -1.89. The van der Waals surface area contributed by atoms with Crippen molar-refractivity contribution in [2.24, 2.45) is 5.92 Å². The molecule has 2 rings (SSSR count). The van der Waals surface area contributed by atoms with Crippen molar-refractivity contribution in [3.63, 3.8) is 0 Å². The fourth-order valence-corrected chi connectivity index (χ4v) is 10.6. The molecule has 2 aromatic rings. The maximum Gasteiger partial charge on any atom is 0.201 e. The summed E-state index contributed by atoms with van der Waals surface area (Å²) in [5.74, 6) is -0.160. The molecule has 0 aromatic heterocycles. The lowest BCUT2D eigenvalue weighted by Gasteiger charge is -2.46. The third-order valence-electron chi connectivity index (χ3n) is 6.51. The molecule has 0 radical (unpaired) electrons. The van der Waals surface area contributed by atoms with Gasteiger partial charge in [-0.05, 0) is 33.7 Å². The number of benzene rings is 2. The fourth-order valence-electron chi connectivity index (χ4n) is 5.03. The van der Waals surface area contributed by atoms with Gasteiger partial charge in [-0.1, -0.05) is 109 Å². The predicted molar refractivity (Wildman–Crippen MR) is 125 cm³/mol. The van der Waals surface area contributed by atoms with Crippen molar-refractivity contribution in [1.82, 2.24) is 0 Å². The summed E-state index contributed by atoms with van der Waals surface area (Å²) < 4.78 is 7.22. The summed E-state index contributed by atoms with van der Waals surface area (Å²) in [7, 11) is -2.15. The average Bonchev–Trinajstić information content (AvgIpc) is 2.71. The molecule has 0 saturated heterocycles. The Balaban J connectivity index is 2.56. The van der Waals surface area contributed by atoms with Gasteiger partial charge in [-0.15, -0.1) is 0 Å². The summed E-state index contributed by atoms with van der Waals surface area (Å²) in [6.45, 7) is 16.0. The second kappa shape index (κ2) is 10.2. The first-order chi connectivity index (χ1) is 13.8. The molecule has 2 aromatic carbocycles. The summed E-state index contributed by atoms with van der Waals surface area (Å²) in [4.78, 5) is 0. The number of hydrogen-bond acceptors (Lipinski definition) is 2. The number of nitrogens with zero attached hydrogens (tertiary/aromatic N) is 1. The van der Waals surface area contributed by atoms with Gasteiger partial charge in [-0.2, -0.15) is 5.26 Å². The highest BCUT2D eigenvalue weighted by molar-refractivity contribution is 6.77. The van der Waals surface area contributed by atoms with Crippen LogP contribution in [0.25, 0.3) is 0 Å². The third-order valence-corrected chi connectivity index (χ3v) is 12.6. The van der Waals surface area contributed by atoms with E-state index in [1.165, 1.54) is 5.56 Å². The van der Waals surface area contributed by atoms with Crippen LogP contribution >= 0.6 is 0 Å². The topological polar surface area (TPSA) is 33.0 Å². The second-order valence-electron chi connectivity index (χ2n) is 9.12. The van der Waals surface area contributed by atoms with E-state index >= 15 is 0 Å². The van der Waals surface area contributed by atoms with E-state index in [2.05, 4.69) is 90.9 Å². The predicted octanol–water partition coefficient (Wildman–Crippen LogP) is 7.86. The lowest BCUT2D eigenvalue weighted by molar-refractivity contribution is 0.126. The normalized spacial score (nSPS) is 15.3. The van der Waals surface area contributed by atoms with E-state index in [1.807, 2.05) is 24.3 Å². The van der Waals surface area contributed by atoms with Gasteiger partial charge >= 0.3 is 0 Å². The largest absolute Gasteiger partial charge is 0.408 e. The summed E-state index contributed by atoms with van der Waals surface area (Å²) in [5, 5.41) is 10.3. The average molecular weight is 408 g/mol. The maximum atomic E-state index is 10.3. The Morgan fingerprint density at radius 1 is 0.690 bits per heavy atom. The first kappa shape index (κ1) is 23.4. The monoisotopic (exact) mass is 407 g/mol. The van der Waals surface area contributed by atoms with Crippen LogP contribution in [0.2, 0.25) is 16.6 Å². The number of nitriles is 1. The van der Waals surface area contributed by atoms with Gasteiger partial charge in [0.1, 0.15) is 0 Å². The summed E-state index contributed by atoms with van der Waals surface area (Å²) >= 11 is 0. The second-order valence-corrected chi connectivity index (χ2v) is 14.5. The molecular weight excluding hydrogens is 370 g/mol. The number of rotatable bonds is 9. The maximum absolute atomic E-state index is 10.3. The van der Waals surface area contributed by atoms with Crippen LogP contribution in [-0.2, 0) is 4.43 Å². The van der Waals surface area contributed by atoms with Crippen molar-refractivity contribution in [2.45, 2.75) is 77.1 Å². The molecule has 0 spiro atoms. The van der Waals surface area contributed by atoms with Crippen molar-refractivity contribution in [3.8, 4) is 6.07 Å².